The second-order valence-electron chi connectivity index (χ2n) is 4.26. The Bertz CT molecular complexity index is 383. The standard InChI is InChI=1S/C12H18N2O2/c1-12(2,13)11(15)14(3)9-7-5-6-8-10(9)16-4/h5-8H,13H2,1-4H3. The molecule has 2 N–H and O–H groups in total. The third-order valence-corrected chi connectivity index (χ3v) is 2.30. The Morgan fingerprint density at radius 2 is 1.94 bits per heavy atom. The Hall–Kier alpha value is -1.55. The van der Waals surface area contributed by atoms with Crippen LogP contribution in [0.5, 0.6) is 5.75 Å². The van der Waals surface area contributed by atoms with E-state index in [1.165, 1.54) is 4.90 Å². The van der Waals surface area contributed by atoms with E-state index in [4.69, 9.17) is 10.5 Å². The molecule has 0 saturated heterocycles. The van der Waals surface area contributed by atoms with E-state index >= 15 is 0 Å². The average molecular weight is 222 g/mol. The maximum Gasteiger partial charge on any atom is 0.246 e. The number of benzene rings is 1. The topological polar surface area (TPSA) is 55.6 Å². The van der Waals surface area contributed by atoms with Crippen molar-refractivity contribution in [3.8, 4) is 5.75 Å². The highest BCUT2D eigenvalue weighted by Gasteiger charge is 2.27. The molecule has 1 aromatic rings. The summed E-state index contributed by atoms with van der Waals surface area (Å²) in [5, 5.41) is 0. The fraction of sp³-hybridized carbons (Fsp3) is 0.417. The summed E-state index contributed by atoms with van der Waals surface area (Å²) in [6.07, 6.45) is 0. The van der Waals surface area contributed by atoms with Gasteiger partial charge in [0.25, 0.3) is 0 Å². The minimum atomic E-state index is -0.893. The second kappa shape index (κ2) is 4.53. The van der Waals surface area contributed by atoms with E-state index < -0.39 is 5.54 Å². The number of rotatable bonds is 3. The van der Waals surface area contributed by atoms with Crippen LogP contribution in [0.1, 0.15) is 13.8 Å². The van der Waals surface area contributed by atoms with Crippen LogP contribution in [0.3, 0.4) is 0 Å². The molecule has 0 aliphatic heterocycles. The number of nitrogens with two attached hydrogens (primary N) is 1. The van der Waals surface area contributed by atoms with Gasteiger partial charge in [0.05, 0.1) is 18.3 Å². The van der Waals surface area contributed by atoms with Crippen LogP contribution in [0, 0.1) is 0 Å². The van der Waals surface area contributed by atoms with Gasteiger partial charge >= 0.3 is 0 Å². The summed E-state index contributed by atoms with van der Waals surface area (Å²) in [4.78, 5) is 13.5. The molecular weight excluding hydrogens is 204 g/mol. The average Bonchev–Trinajstić information content (AvgIpc) is 2.25. The number of anilines is 1. The molecule has 0 fully saturated rings. The molecular formula is C12H18N2O2. The lowest BCUT2D eigenvalue weighted by Crippen LogP contribution is -2.50. The highest BCUT2D eigenvalue weighted by Crippen LogP contribution is 2.27. The molecule has 0 unspecified atom stereocenters. The van der Waals surface area contributed by atoms with E-state index in [0.29, 0.717) is 11.4 Å². The molecule has 16 heavy (non-hydrogen) atoms. The first kappa shape index (κ1) is 12.5. The molecule has 0 aliphatic carbocycles. The Morgan fingerprint density at radius 3 is 2.44 bits per heavy atom. The number of amides is 1. The number of para-hydroxylation sites is 2. The first-order chi connectivity index (χ1) is 7.38. The second-order valence-corrected chi connectivity index (χ2v) is 4.26. The quantitative estimate of drug-likeness (QED) is 0.841. The lowest BCUT2D eigenvalue weighted by Gasteiger charge is -2.26. The van der Waals surface area contributed by atoms with Gasteiger partial charge in [0.1, 0.15) is 5.75 Å². The molecule has 0 aliphatic rings. The Labute approximate surface area is 96.0 Å². The molecule has 0 aromatic heterocycles. The number of nitrogens with zero attached hydrogens (tertiary/aromatic N) is 1. The smallest absolute Gasteiger partial charge is 0.246 e. The van der Waals surface area contributed by atoms with Crippen LogP contribution in [0.25, 0.3) is 0 Å². The number of methoxy groups -OCH3 is 1. The van der Waals surface area contributed by atoms with Crippen molar-refractivity contribution in [2.24, 2.45) is 5.73 Å². The van der Waals surface area contributed by atoms with Gasteiger partial charge in [-0.15, -0.1) is 0 Å². The minimum Gasteiger partial charge on any atom is -0.495 e. The van der Waals surface area contributed by atoms with Crippen LogP contribution < -0.4 is 15.4 Å². The fourth-order valence-corrected chi connectivity index (χ4v) is 1.45. The van der Waals surface area contributed by atoms with Gasteiger partial charge in [0, 0.05) is 7.05 Å². The molecule has 0 heterocycles. The van der Waals surface area contributed by atoms with Crippen LogP contribution in [-0.4, -0.2) is 25.6 Å². The highest BCUT2D eigenvalue weighted by atomic mass is 16.5. The van der Waals surface area contributed by atoms with Crippen molar-refractivity contribution in [2.75, 3.05) is 19.1 Å². The van der Waals surface area contributed by atoms with E-state index in [9.17, 15) is 4.79 Å². The van der Waals surface area contributed by atoms with Crippen molar-refractivity contribution >= 4 is 11.6 Å². The van der Waals surface area contributed by atoms with Crippen molar-refractivity contribution in [3.63, 3.8) is 0 Å². The summed E-state index contributed by atoms with van der Waals surface area (Å²) in [6.45, 7) is 3.36. The molecule has 0 radical (unpaired) electrons. The Morgan fingerprint density at radius 1 is 1.38 bits per heavy atom. The van der Waals surface area contributed by atoms with Gasteiger partial charge in [0.2, 0.25) is 5.91 Å². The highest BCUT2D eigenvalue weighted by molar-refractivity contribution is 6.00. The van der Waals surface area contributed by atoms with E-state index in [-0.39, 0.29) is 5.91 Å². The van der Waals surface area contributed by atoms with Crippen molar-refractivity contribution in [2.45, 2.75) is 19.4 Å². The molecule has 0 bridgehead atoms. The predicted molar refractivity (Wildman–Crippen MR) is 64.7 cm³/mol. The first-order valence-corrected chi connectivity index (χ1v) is 5.08. The summed E-state index contributed by atoms with van der Waals surface area (Å²) in [6, 6.07) is 7.34. The molecule has 0 saturated carbocycles. The predicted octanol–water partition coefficient (Wildman–Crippen LogP) is 1.40. The van der Waals surface area contributed by atoms with Crippen LogP contribution >= 0.6 is 0 Å². The van der Waals surface area contributed by atoms with Gasteiger partial charge in [-0.25, -0.2) is 0 Å². The summed E-state index contributed by atoms with van der Waals surface area (Å²) >= 11 is 0. The molecule has 1 aromatic carbocycles. The van der Waals surface area contributed by atoms with Crippen LogP contribution in [0.2, 0.25) is 0 Å². The van der Waals surface area contributed by atoms with E-state index in [2.05, 4.69) is 0 Å². The minimum absolute atomic E-state index is 0.156. The van der Waals surface area contributed by atoms with Gasteiger partial charge in [-0.05, 0) is 26.0 Å². The summed E-state index contributed by atoms with van der Waals surface area (Å²) in [5.74, 6) is 0.500. The molecule has 1 amide bonds. The number of carbonyl (C=O) groups excluding carboxylic acids is 1. The number of hydrogen-bond acceptors (Lipinski definition) is 3. The zero-order valence-corrected chi connectivity index (χ0v) is 10.2. The number of carbonyl (C=O) groups is 1. The summed E-state index contributed by atoms with van der Waals surface area (Å²) < 4.78 is 5.19. The molecule has 4 heteroatoms. The third kappa shape index (κ3) is 2.52. The van der Waals surface area contributed by atoms with E-state index in [1.807, 2.05) is 24.3 Å². The van der Waals surface area contributed by atoms with Gasteiger partial charge < -0.3 is 15.4 Å². The first-order valence-electron chi connectivity index (χ1n) is 5.08. The van der Waals surface area contributed by atoms with E-state index in [1.54, 1.807) is 28.0 Å². The summed E-state index contributed by atoms with van der Waals surface area (Å²) in [5.41, 5.74) is 5.60. The summed E-state index contributed by atoms with van der Waals surface area (Å²) in [7, 11) is 3.26. The normalized spacial score (nSPS) is 11.1. The third-order valence-electron chi connectivity index (χ3n) is 2.30. The van der Waals surface area contributed by atoms with Crippen molar-refractivity contribution in [1.29, 1.82) is 0 Å². The van der Waals surface area contributed by atoms with Crippen LogP contribution in [-0.2, 0) is 4.79 Å². The van der Waals surface area contributed by atoms with Crippen molar-refractivity contribution in [3.05, 3.63) is 24.3 Å². The maximum atomic E-state index is 12.0. The molecule has 4 nitrogen and oxygen atoms in total. The number of hydrogen-bond donors (Lipinski definition) is 1. The van der Waals surface area contributed by atoms with Crippen LogP contribution in [0.4, 0.5) is 5.69 Å². The SMILES string of the molecule is COc1ccccc1N(C)C(=O)C(C)(C)N. The molecule has 0 spiro atoms. The van der Waals surface area contributed by atoms with Crippen LogP contribution in [0.15, 0.2) is 24.3 Å². The molecule has 0 atom stereocenters. The van der Waals surface area contributed by atoms with Gasteiger partial charge in [-0.3, -0.25) is 4.79 Å². The Balaban J connectivity index is 3.05. The lowest BCUT2D eigenvalue weighted by molar-refractivity contribution is -0.122. The van der Waals surface area contributed by atoms with Gasteiger partial charge in [-0.2, -0.15) is 0 Å². The zero-order chi connectivity index (χ0) is 12.3. The van der Waals surface area contributed by atoms with Gasteiger partial charge in [0.15, 0.2) is 0 Å². The van der Waals surface area contributed by atoms with Gasteiger partial charge in [-0.1, -0.05) is 12.1 Å². The number of ether oxygens (including phenoxy) is 1. The maximum absolute atomic E-state index is 12.0. The molecule has 88 valence electrons. The monoisotopic (exact) mass is 222 g/mol. The van der Waals surface area contributed by atoms with Crippen molar-refractivity contribution < 1.29 is 9.53 Å². The zero-order valence-electron chi connectivity index (χ0n) is 10.2. The van der Waals surface area contributed by atoms with E-state index in [0.717, 1.165) is 0 Å². The molecule has 1 rings (SSSR count). The lowest BCUT2D eigenvalue weighted by atomic mass is 10.1. The van der Waals surface area contributed by atoms with Crippen molar-refractivity contribution in [1.82, 2.24) is 0 Å². The largest absolute Gasteiger partial charge is 0.495 e. The Kier molecular flexibility index (Phi) is 3.55. The fourth-order valence-electron chi connectivity index (χ4n) is 1.45. The number of likely N-dealkylation sites (N-methyl/N-ethyl adjacent to an activating group) is 1.